The van der Waals surface area contributed by atoms with Crippen LogP contribution >= 0.6 is 0 Å². The predicted molar refractivity (Wildman–Crippen MR) is 78.8 cm³/mol. The molecule has 1 aromatic carbocycles. The topological polar surface area (TPSA) is 39.2 Å². The van der Waals surface area contributed by atoms with Gasteiger partial charge in [-0.25, -0.2) is 0 Å². The van der Waals surface area contributed by atoms with E-state index in [1.807, 2.05) is 37.3 Å². The Balaban J connectivity index is 1.64. The first-order valence-corrected chi connectivity index (χ1v) is 7.26. The summed E-state index contributed by atoms with van der Waals surface area (Å²) in [5.41, 5.74) is 1.66. The highest BCUT2D eigenvalue weighted by atomic mass is 16.5. The molecule has 3 heteroatoms. The molecule has 1 aliphatic carbocycles. The summed E-state index contributed by atoms with van der Waals surface area (Å²) in [5, 5.41) is 1.07. The van der Waals surface area contributed by atoms with Gasteiger partial charge in [-0.2, -0.15) is 0 Å². The number of fused-ring (bicyclic) bond motifs is 1. The first kappa shape index (κ1) is 13.3. The lowest BCUT2D eigenvalue weighted by molar-refractivity contribution is -0.0246. The van der Waals surface area contributed by atoms with Crippen molar-refractivity contribution in [2.24, 2.45) is 5.92 Å². The molecular formula is C17H19NO2. The second kappa shape index (κ2) is 5.71. The molecule has 1 aromatic heterocycles. The minimum Gasteiger partial charge on any atom is -0.378 e. The average molecular weight is 269 g/mol. The average Bonchev–Trinajstić information content (AvgIpc) is 2.44. The number of aromatic nitrogens is 1. The fourth-order valence-electron chi connectivity index (χ4n) is 2.83. The molecule has 2 aromatic rings. The Morgan fingerprint density at radius 2 is 2.20 bits per heavy atom. The number of carbonyl (C=O) groups excluding carboxylic acids is 1. The van der Waals surface area contributed by atoms with Crippen LogP contribution in [0.5, 0.6) is 0 Å². The van der Waals surface area contributed by atoms with Crippen LogP contribution in [-0.4, -0.2) is 23.5 Å². The van der Waals surface area contributed by atoms with Crippen molar-refractivity contribution >= 4 is 16.7 Å². The summed E-state index contributed by atoms with van der Waals surface area (Å²) in [5.74, 6) is 0.705. The Hall–Kier alpha value is -1.74. The van der Waals surface area contributed by atoms with E-state index in [2.05, 4.69) is 4.98 Å². The molecule has 0 unspecified atom stereocenters. The van der Waals surface area contributed by atoms with Crippen molar-refractivity contribution in [2.75, 3.05) is 6.61 Å². The maximum atomic E-state index is 12.3. The van der Waals surface area contributed by atoms with Crippen molar-refractivity contribution in [3.8, 4) is 0 Å². The third kappa shape index (κ3) is 2.73. The molecule has 0 N–H and O–H groups in total. The lowest BCUT2D eigenvalue weighted by Crippen LogP contribution is -2.32. The highest BCUT2D eigenvalue weighted by Gasteiger charge is 2.31. The van der Waals surface area contributed by atoms with Gasteiger partial charge in [0.05, 0.1) is 11.6 Å². The van der Waals surface area contributed by atoms with Gasteiger partial charge in [0, 0.05) is 30.2 Å². The molecule has 3 rings (SSSR count). The van der Waals surface area contributed by atoms with Crippen molar-refractivity contribution in [3.05, 3.63) is 42.1 Å². The van der Waals surface area contributed by atoms with Crippen molar-refractivity contribution in [3.63, 3.8) is 0 Å². The summed E-state index contributed by atoms with van der Waals surface area (Å²) in [4.78, 5) is 16.6. The lowest BCUT2D eigenvalue weighted by Gasteiger charge is -2.34. The van der Waals surface area contributed by atoms with Crippen molar-refractivity contribution < 1.29 is 9.53 Å². The van der Waals surface area contributed by atoms with E-state index < -0.39 is 0 Å². The molecule has 1 fully saturated rings. The summed E-state index contributed by atoms with van der Waals surface area (Å²) in [6.45, 7) is 2.78. The molecule has 0 radical (unpaired) electrons. The zero-order valence-corrected chi connectivity index (χ0v) is 11.7. The van der Waals surface area contributed by atoms with E-state index in [0.717, 1.165) is 35.9 Å². The number of rotatable bonds is 5. The fourth-order valence-corrected chi connectivity index (χ4v) is 2.83. The molecule has 3 nitrogen and oxygen atoms in total. The van der Waals surface area contributed by atoms with Crippen LogP contribution in [0.25, 0.3) is 10.9 Å². The molecule has 1 aliphatic rings. The largest absolute Gasteiger partial charge is 0.378 e. The normalized spacial score (nSPS) is 21.6. The van der Waals surface area contributed by atoms with Crippen molar-refractivity contribution in [1.82, 2.24) is 4.98 Å². The number of benzene rings is 1. The van der Waals surface area contributed by atoms with Gasteiger partial charge in [-0.15, -0.1) is 0 Å². The summed E-state index contributed by atoms with van der Waals surface area (Å²) < 4.78 is 5.53. The van der Waals surface area contributed by atoms with Gasteiger partial charge in [0.2, 0.25) is 0 Å². The third-order valence-corrected chi connectivity index (χ3v) is 4.00. The maximum Gasteiger partial charge on any atom is 0.163 e. The fraction of sp³-hybridized carbons (Fsp3) is 0.412. The van der Waals surface area contributed by atoms with E-state index >= 15 is 0 Å². The van der Waals surface area contributed by atoms with Crippen LogP contribution in [0.1, 0.15) is 36.5 Å². The summed E-state index contributed by atoms with van der Waals surface area (Å²) in [6.07, 6.45) is 4.80. The second-order valence-corrected chi connectivity index (χ2v) is 5.45. The first-order chi connectivity index (χ1) is 9.76. The number of ether oxygens (including phenoxy) is 1. The first-order valence-electron chi connectivity index (χ1n) is 7.26. The quantitative estimate of drug-likeness (QED) is 0.778. The Morgan fingerprint density at radius 1 is 1.35 bits per heavy atom. The Morgan fingerprint density at radius 3 is 3.00 bits per heavy atom. The lowest BCUT2D eigenvalue weighted by atomic mass is 9.78. The minimum atomic E-state index is 0.220. The SMILES string of the molecule is CCOC1CC(CC(=O)c2ccc3cccnc3c2)C1. The molecule has 104 valence electrons. The molecule has 0 atom stereocenters. The molecule has 0 saturated heterocycles. The zero-order valence-electron chi connectivity index (χ0n) is 11.7. The molecule has 0 spiro atoms. The number of pyridine rings is 1. The highest BCUT2D eigenvalue weighted by molar-refractivity contribution is 5.99. The zero-order chi connectivity index (χ0) is 13.9. The van der Waals surface area contributed by atoms with Gasteiger partial charge in [0.25, 0.3) is 0 Å². The number of Topliss-reactive ketones (excluding diaryl/α,β-unsaturated/α-hetero) is 1. The molecular weight excluding hydrogens is 250 g/mol. The maximum absolute atomic E-state index is 12.3. The van der Waals surface area contributed by atoms with Crippen LogP contribution in [-0.2, 0) is 4.74 Å². The second-order valence-electron chi connectivity index (χ2n) is 5.45. The monoisotopic (exact) mass is 269 g/mol. The summed E-state index contributed by atoms with van der Waals surface area (Å²) in [7, 11) is 0. The minimum absolute atomic E-state index is 0.220. The van der Waals surface area contributed by atoms with Crippen molar-refractivity contribution in [2.45, 2.75) is 32.3 Å². The van der Waals surface area contributed by atoms with Gasteiger partial charge in [0.15, 0.2) is 5.78 Å². The van der Waals surface area contributed by atoms with Crippen LogP contribution in [0.2, 0.25) is 0 Å². The Labute approximate surface area is 119 Å². The van der Waals surface area contributed by atoms with Crippen molar-refractivity contribution in [1.29, 1.82) is 0 Å². The number of ketones is 1. The predicted octanol–water partition coefficient (Wildman–Crippen LogP) is 3.62. The highest BCUT2D eigenvalue weighted by Crippen LogP contribution is 2.33. The van der Waals surface area contributed by atoms with Gasteiger partial charge in [-0.3, -0.25) is 9.78 Å². The number of carbonyl (C=O) groups is 1. The summed E-state index contributed by atoms with van der Waals surface area (Å²) >= 11 is 0. The standard InChI is InChI=1S/C17H19NO2/c1-2-20-15-8-12(9-15)10-17(19)14-6-5-13-4-3-7-18-16(13)11-14/h3-7,11-12,15H,2,8-10H2,1H3. The van der Waals surface area contributed by atoms with E-state index in [1.165, 1.54) is 0 Å². The van der Waals surface area contributed by atoms with Gasteiger partial charge in [-0.1, -0.05) is 18.2 Å². The number of hydrogen-bond acceptors (Lipinski definition) is 3. The van der Waals surface area contributed by atoms with E-state index in [-0.39, 0.29) is 5.78 Å². The van der Waals surface area contributed by atoms with Crippen LogP contribution in [0.15, 0.2) is 36.5 Å². The van der Waals surface area contributed by atoms with Gasteiger partial charge < -0.3 is 4.74 Å². The molecule has 1 saturated carbocycles. The molecule has 0 amide bonds. The van der Waals surface area contributed by atoms with E-state index in [0.29, 0.717) is 18.4 Å². The number of nitrogens with zero attached hydrogens (tertiary/aromatic N) is 1. The van der Waals surface area contributed by atoms with Crippen LogP contribution in [0, 0.1) is 5.92 Å². The van der Waals surface area contributed by atoms with E-state index in [1.54, 1.807) is 6.20 Å². The van der Waals surface area contributed by atoms with Gasteiger partial charge in [0.1, 0.15) is 0 Å². The smallest absolute Gasteiger partial charge is 0.163 e. The van der Waals surface area contributed by atoms with Crippen LogP contribution in [0.3, 0.4) is 0 Å². The molecule has 20 heavy (non-hydrogen) atoms. The van der Waals surface area contributed by atoms with E-state index in [9.17, 15) is 4.79 Å². The van der Waals surface area contributed by atoms with Crippen LogP contribution < -0.4 is 0 Å². The van der Waals surface area contributed by atoms with Gasteiger partial charge in [-0.05, 0) is 37.8 Å². The molecule has 0 bridgehead atoms. The van der Waals surface area contributed by atoms with Gasteiger partial charge >= 0.3 is 0 Å². The Kier molecular flexibility index (Phi) is 3.79. The molecule has 1 heterocycles. The van der Waals surface area contributed by atoms with Crippen LogP contribution in [0.4, 0.5) is 0 Å². The number of hydrogen-bond donors (Lipinski definition) is 0. The molecule has 0 aliphatic heterocycles. The summed E-state index contributed by atoms with van der Waals surface area (Å²) in [6, 6.07) is 9.70. The Bertz CT molecular complexity index is 617. The van der Waals surface area contributed by atoms with E-state index in [4.69, 9.17) is 4.74 Å². The third-order valence-electron chi connectivity index (χ3n) is 4.00.